The largest absolute Gasteiger partial charge is 0.464 e. The van der Waals surface area contributed by atoms with Crippen LogP contribution in [0.1, 0.15) is 78.1 Å². The number of hydrogen-bond donors (Lipinski definition) is 0. The molecule has 2 fully saturated rings. The van der Waals surface area contributed by atoms with Crippen LogP contribution in [-0.2, 0) is 9.47 Å². The third-order valence-corrected chi connectivity index (χ3v) is 7.13. The van der Waals surface area contributed by atoms with Gasteiger partial charge in [-0.2, -0.15) is 0 Å². The van der Waals surface area contributed by atoms with Crippen molar-refractivity contribution in [3.8, 4) is 11.5 Å². The molecule has 0 spiro atoms. The predicted molar refractivity (Wildman–Crippen MR) is 128 cm³/mol. The third kappa shape index (κ3) is 7.16. The zero-order valence-corrected chi connectivity index (χ0v) is 21.2. The van der Waals surface area contributed by atoms with E-state index in [0.29, 0.717) is 12.2 Å². The molecule has 28 heavy (non-hydrogen) atoms. The van der Waals surface area contributed by atoms with Crippen LogP contribution in [0.15, 0.2) is 12.1 Å². The molecule has 158 valence electrons. The first-order valence-corrected chi connectivity index (χ1v) is 12.8. The highest BCUT2D eigenvalue weighted by Gasteiger charge is 2.21. The molecule has 1 aromatic rings. The van der Waals surface area contributed by atoms with Gasteiger partial charge in [-0.25, -0.2) is 0 Å². The van der Waals surface area contributed by atoms with Crippen LogP contribution in [-0.4, -0.2) is 24.8 Å². The van der Waals surface area contributed by atoms with Crippen molar-refractivity contribution in [2.45, 2.75) is 103 Å². The van der Waals surface area contributed by atoms with E-state index < -0.39 is 0 Å². The lowest BCUT2D eigenvalue weighted by molar-refractivity contribution is -0.119. The summed E-state index contributed by atoms with van der Waals surface area (Å²) in [5, 5.41) is 0. The average molecular weight is 614 g/mol. The number of benzene rings is 1. The standard InChI is InChI=1S/C22H32I2O4/c1-15(25-17-9-5-3-6-10-17)27-21-13-20(24)22(14-19(21)23)28-16(2)26-18-11-7-4-8-12-18/h13-18H,3-12H2,1-2H3. The van der Waals surface area contributed by atoms with Gasteiger partial charge in [-0.05, 0) is 96.8 Å². The molecule has 4 nitrogen and oxygen atoms in total. The first-order valence-electron chi connectivity index (χ1n) is 10.6. The Hall–Kier alpha value is 0.200. The molecule has 0 amide bonds. The fraction of sp³-hybridized carbons (Fsp3) is 0.727. The minimum atomic E-state index is -0.243. The van der Waals surface area contributed by atoms with E-state index in [0.717, 1.165) is 44.3 Å². The minimum Gasteiger partial charge on any atom is -0.464 e. The number of rotatable bonds is 8. The van der Waals surface area contributed by atoms with E-state index in [-0.39, 0.29) is 12.6 Å². The first-order chi connectivity index (χ1) is 13.5. The summed E-state index contributed by atoms with van der Waals surface area (Å²) >= 11 is 4.61. The second-order valence-electron chi connectivity index (χ2n) is 7.88. The summed E-state index contributed by atoms with van der Waals surface area (Å²) in [5.41, 5.74) is 0. The number of hydrogen-bond acceptors (Lipinski definition) is 4. The molecule has 0 heterocycles. The molecule has 2 unspecified atom stereocenters. The number of ether oxygens (including phenoxy) is 4. The van der Waals surface area contributed by atoms with Gasteiger partial charge in [0.15, 0.2) is 12.6 Å². The summed E-state index contributed by atoms with van der Waals surface area (Å²) in [4.78, 5) is 0. The Morgan fingerprint density at radius 3 is 1.39 bits per heavy atom. The Labute approximate surface area is 196 Å². The molecule has 0 aromatic heterocycles. The Bertz CT molecular complexity index is 559. The van der Waals surface area contributed by atoms with Gasteiger partial charge in [0, 0.05) is 0 Å². The molecule has 0 radical (unpaired) electrons. The highest BCUT2D eigenvalue weighted by Crippen LogP contribution is 2.33. The molecule has 0 N–H and O–H groups in total. The zero-order valence-electron chi connectivity index (χ0n) is 16.9. The summed E-state index contributed by atoms with van der Waals surface area (Å²) < 4.78 is 26.4. The van der Waals surface area contributed by atoms with Gasteiger partial charge < -0.3 is 18.9 Å². The lowest BCUT2D eigenvalue weighted by Gasteiger charge is -2.27. The lowest BCUT2D eigenvalue weighted by Crippen LogP contribution is -2.27. The topological polar surface area (TPSA) is 36.9 Å². The van der Waals surface area contributed by atoms with Gasteiger partial charge in [-0.1, -0.05) is 38.5 Å². The van der Waals surface area contributed by atoms with E-state index in [1.54, 1.807) is 0 Å². The fourth-order valence-electron chi connectivity index (χ4n) is 4.05. The first kappa shape index (κ1) is 22.9. The van der Waals surface area contributed by atoms with Gasteiger partial charge in [0.2, 0.25) is 0 Å². The molecule has 0 bridgehead atoms. The average Bonchev–Trinajstić information content (AvgIpc) is 2.67. The van der Waals surface area contributed by atoms with Gasteiger partial charge in [0.05, 0.1) is 19.3 Å². The van der Waals surface area contributed by atoms with Crippen LogP contribution in [0.2, 0.25) is 0 Å². The highest BCUT2D eigenvalue weighted by molar-refractivity contribution is 14.1. The van der Waals surface area contributed by atoms with Crippen molar-refractivity contribution >= 4 is 45.2 Å². The van der Waals surface area contributed by atoms with Gasteiger partial charge in [0.1, 0.15) is 11.5 Å². The van der Waals surface area contributed by atoms with Crippen molar-refractivity contribution in [2.24, 2.45) is 0 Å². The highest BCUT2D eigenvalue weighted by atomic mass is 127. The van der Waals surface area contributed by atoms with Crippen LogP contribution >= 0.6 is 45.2 Å². The molecule has 1 aromatic carbocycles. The van der Waals surface area contributed by atoms with Crippen LogP contribution < -0.4 is 9.47 Å². The summed E-state index contributed by atoms with van der Waals surface area (Å²) in [5.74, 6) is 1.70. The van der Waals surface area contributed by atoms with E-state index in [4.69, 9.17) is 18.9 Å². The van der Waals surface area contributed by atoms with Crippen molar-refractivity contribution in [1.82, 2.24) is 0 Å². The van der Waals surface area contributed by atoms with Crippen LogP contribution in [0.25, 0.3) is 0 Å². The summed E-state index contributed by atoms with van der Waals surface area (Å²) in [7, 11) is 0. The van der Waals surface area contributed by atoms with Crippen molar-refractivity contribution in [1.29, 1.82) is 0 Å². The smallest absolute Gasteiger partial charge is 0.197 e. The lowest BCUT2D eigenvalue weighted by atomic mass is 9.98. The van der Waals surface area contributed by atoms with Gasteiger partial charge in [-0.15, -0.1) is 0 Å². The molecule has 3 rings (SSSR count). The van der Waals surface area contributed by atoms with Crippen LogP contribution in [0.3, 0.4) is 0 Å². The maximum absolute atomic E-state index is 6.09. The van der Waals surface area contributed by atoms with E-state index >= 15 is 0 Å². The zero-order chi connectivity index (χ0) is 19.9. The normalized spacial score (nSPS) is 21.3. The number of halogens is 2. The Balaban J connectivity index is 1.53. The molecule has 0 aliphatic heterocycles. The van der Waals surface area contributed by atoms with Crippen molar-refractivity contribution < 1.29 is 18.9 Å². The van der Waals surface area contributed by atoms with Crippen LogP contribution in [0.5, 0.6) is 11.5 Å². The minimum absolute atomic E-state index is 0.243. The summed E-state index contributed by atoms with van der Waals surface area (Å²) in [6.45, 7) is 3.98. The maximum Gasteiger partial charge on any atom is 0.197 e. The van der Waals surface area contributed by atoms with Crippen LogP contribution in [0.4, 0.5) is 0 Å². The van der Waals surface area contributed by atoms with E-state index in [2.05, 4.69) is 45.2 Å². The Kier molecular flexibility index (Phi) is 9.44. The van der Waals surface area contributed by atoms with E-state index in [1.165, 1.54) is 38.5 Å². The van der Waals surface area contributed by atoms with Gasteiger partial charge >= 0.3 is 0 Å². The van der Waals surface area contributed by atoms with Crippen molar-refractivity contribution in [3.05, 3.63) is 19.3 Å². The quantitative estimate of drug-likeness (QED) is 0.233. The van der Waals surface area contributed by atoms with Gasteiger partial charge in [-0.3, -0.25) is 0 Å². The predicted octanol–water partition coefficient (Wildman–Crippen LogP) is 7.04. The molecule has 2 saturated carbocycles. The molecule has 6 heteroatoms. The molecule has 0 saturated heterocycles. The third-order valence-electron chi connectivity index (χ3n) is 5.44. The van der Waals surface area contributed by atoms with Crippen LogP contribution in [0, 0.1) is 7.14 Å². The summed E-state index contributed by atoms with van der Waals surface area (Å²) in [6, 6.07) is 4.07. The Morgan fingerprint density at radius 1 is 0.679 bits per heavy atom. The maximum atomic E-state index is 6.09. The van der Waals surface area contributed by atoms with Gasteiger partial charge in [0.25, 0.3) is 0 Å². The molecular formula is C22H32I2O4. The van der Waals surface area contributed by atoms with E-state index in [9.17, 15) is 0 Å². The molecular weight excluding hydrogens is 582 g/mol. The molecule has 2 aliphatic carbocycles. The second kappa shape index (κ2) is 11.6. The van der Waals surface area contributed by atoms with Crippen molar-refractivity contribution in [3.63, 3.8) is 0 Å². The Morgan fingerprint density at radius 2 is 1.04 bits per heavy atom. The molecule has 2 aliphatic rings. The molecule has 2 atom stereocenters. The summed E-state index contributed by atoms with van der Waals surface area (Å²) in [6.07, 6.45) is 12.5. The SMILES string of the molecule is CC(Oc1cc(I)c(OC(C)OC2CCCCC2)cc1I)OC1CCCCC1. The van der Waals surface area contributed by atoms with Crippen molar-refractivity contribution in [2.75, 3.05) is 0 Å². The fourth-order valence-corrected chi connectivity index (χ4v) is 5.18. The van der Waals surface area contributed by atoms with E-state index in [1.807, 2.05) is 26.0 Å². The second-order valence-corrected chi connectivity index (χ2v) is 10.2. The monoisotopic (exact) mass is 614 g/mol.